The second-order valence-corrected chi connectivity index (χ2v) is 3.70. The van der Waals surface area contributed by atoms with E-state index in [9.17, 15) is 0 Å². The van der Waals surface area contributed by atoms with Crippen LogP contribution in [0.15, 0.2) is 48.1 Å². The van der Waals surface area contributed by atoms with E-state index < -0.39 is 0 Å². The van der Waals surface area contributed by atoms with E-state index in [1.54, 1.807) is 0 Å². The SMILES string of the molecule is [C]1=C(C2C=Cc3ccccc32)C=CC1. The predicted octanol–water partition coefficient (Wildman–Crippen LogP) is 3.49. The molecule has 0 heterocycles. The highest BCUT2D eigenvalue weighted by Crippen LogP contribution is 2.36. The van der Waals surface area contributed by atoms with Crippen molar-refractivity contribution in [2.24, 2.45) is 0 Å². The molecule has 0 saturated heterocycles. The molecule has 0 aromatic heterocycles. The summed E-state index contributed by atoms with van der Waals surface area (Å²) in [7, 11) is 0. The molecule has 0 nitrogen and oxygen atoms in total. The summed E-state index contributed by atoms with van der Waals surface area (Å²) < 4.78 is 0. The van der Waals surface area contributed by atoms with Crippen molar-refractivity contribution in [3.05, 3.63) is 65.3 Å². The molecular weight excluding hydrogens is 168 g/mol. The minimum Gasteiger partial charge on any atom is -0.0798 e. The van der Waals surface area contributed by atoms with Gasteiger partial charge in [0.25, 0.3) is 0 Å². The summed E-state index contributed by atoms with van der Waals surface area (Å²) in [5, 5.41) is 0. The molecule has 0 saturated carbocycles. The number of allylic oxidation sites excluding steroid dienone is 5. The smallest absolute Gasteiger partial charge is 0.0281 e. The second-order valence-electron chi connectivity index (χ2n) is 3.70. The Bertz CT molecular complexity index is 447. The normalized spacial score (nSPS) is 22.6. The number of fused-ring (bicyclic) bond motifs is 1. The van der Waals surface area contributed by atoms with E-state index in [0.29, 0.717) is 5.92 Å². The van der Waals surface area contributed by atoms with E-state index in [-0.39, 0.29) is 0 Å². The summed E-state index contributed by atoms with van der Waals surface area (Å²) >= 11 is 0. The molecule has 0 heteroatoms. The van der Waals surface area contributed by atoms with E-state index >= 15 is 0 Å². The van der Waals surface area contributed by atoms with Crippen LogP contribution in [0.5, 0.6) is 0 Å². The number of hydrogen-bond acceptors (Lipinski definition) is 0. The third-order valence-electron chi connectivity index (χ3n) is 2.86. The van der Waals surface area contributed by atoms with Crippen molar-refractivity contribution in [1.82, 2.24) is 0 Å². The molecule has 2 aliphatic carbocycles. The van der Waals surface area contributed by atoms with E-state index in [1.165, 1.54) is 16.7 Å². The molecule has 0 N–H and O–H groups in total. The largest absolute Gasteiger partial charge is 0.0798 e. The first-order chi connectivity index (χ1) is 6.95. The van der Waals surface area contributed by atoms with Crippen molar-refractivity contribution in [2.45, 2.75) is 12.3 Å². The minimum absolute atomic E-state index is 0.449. The van der Waals surface area contributed by atoms with Gasteiger partial charge in [-0.25, -0.2) is 0 Å². The van der Waals surface area contributed by atoms with Gasteiger partial charge >= 0.3 is 0 Å². The van der Waals surface area contributed by atoms with Gasteiger partial charge < -0.3 is 0 Å². The van der Waals surface area contributed by atoms with E-state index in [2.05, 4.69) is 54.6 Å². The summed E-state index contributed by atoms with van der Waals surface area (Å²) in [6.07, 6.45) is 13.2. The Morgan fingerprint density at radius 3 is 2.93 bits per heavy atom. The molecule has 2 aliphatic rings. The van der Waals surface area contributed by atoms with Gasteiger partial charge in [-0.2, -0.15) is 0 Å². The van der Waals surface area contributed by atoms with Crippen LogP contribution in [0.3, 0.4) is 0 Å². The molecule has 0 bridgehead atoms. The molecule has 14 heavy (non-hydrogen) atoms. The third kappa shape index (κ3) is 1.07. The van der Waals surface area contributed by atoms with Crippen LogP contribution in [0.2, 0.25) is 0 Å². The van der Waals surface area contributed by atoms with Gasteiger partial charge in [0.1, 0.15) is 0 Å². The molecule has 0 spiro atoms. The average molecular weight is 179 g/mol. The first kappa shape index (κ1) is 7.81. The minimum atomic E-state index is 0.449. The maximum Gasteiger partial charge on any atom is 0.0281 e. The Balaban J connectivity index is 2.06. The maximum atomic E-state index is 3.39. The van der Waals surface area contributed by atoms with Crippen LogP contribution in [0, 0.1) is 6.08 Å². The van der Waals surface area contributed by atoms with Gasteiger partial charge in [0.05, 0.1) is 0 Å². The highest BCUT2D eigenvalue weighted by Gasteiger charge is 2.19. The van der Waals surface area contributed by atoms with Crippen LogP contribution in [0.1, 0.15) is 23.5 Å². The van der Waals surface area contributed by atoms with Gasteiger partial charge in [0, 0.05) is 5.92 Å². The molecule has 1 unspecified atom stereocenters. The highest BCUT2D eigenvalue weighted by molar-refractivity contribution is 5.65. The number of hydrogen-bond donors (Lipinski definition) is 0. The third-order valence-corrected chi connectivity index (χ3v) is 2.86. The van der Waals surface area contributed by atoms with Gasteiger partial charge in [-0.3, -0.25) is 0 Å². The molecule has 1 atom stereocenters. The Kier molecular flexibility index (Phi) is 1.66. The lowest BCUT2D eigenvalue weighted by molar-refractivity contribution is 1.04. The predicted molar refractivity (Wildman–Crippen MR) is 58.7 cm³/mol. The Hall–Kier alpha value is -1.56. The summed E-state index contributed by atoms with van der Waals surface area (Å²) in [4.78, 5) is 0. The molecule has 0 amide bonds. The standard InChI is InChI=1S/C14H11/c1-2-6-11(5-1)14-10-9-12-7-3-4-8-13(12)14/h1,3-5,7-10,14H,2H2. The molecule has 1 radical (unpaired) electrons. The van der Waals surface area contributed by atoms with Crippen molar-refractivity contribution in [1.29, 1.82) is 0 Å². The van der Waals surface area contributed by atoms with Crippen LogP contribution in [-0.4, -0.2) is 0 Å². The zero-order valence-corrected chi connectivity index (χ0v) is 7.90. The van der Waals surface area contributed by atoms with Gasteiger partial charge in [-0.1, -0.05) is 48.6 Å². The van der Waals surface area contributed by atoms with Crippen molar-refractivity contribution < 1.29 is 0 Å². The Morgan fingerprint density at radius 1 is 1.14 bits per heavy atom. The van der Waals surface area contributed by atoms with Crippen molar-refractivity contribution in [3.8, 4) is 0 Å². The quantitative estimate of drug-likeness (QED) is 0.619. The molecule has 0 aliphatic heterocycles. The zero-order chi connectivity index (χ0) is 9.38. The van der Waals surface area contributed by atoms with Crippen LogP contribution >= 0.6 is 0 Å². The van der Waals surface area contributed by atoms with Crippen LogP contribution in [0.4, 0.5) is 0 Å². The lowest BCUT2D eigenvalue weighted by atomic mass is 9.94. The molecule has 3 rings (SSSR count). The average Bonchev–Trinajstić information content (AvgIpc) is 2.85. The fraction of sp³-hybridized carbons (Fsp3) is 0.143. The van der Waals surface area contributed by atoms with Crippen LogP contribution in [0.25, 0.3) is 6.08 Å². The van der Waals surface area contributed by atoms with Gasteiger partial charge in [0.15, 0.2) is 0 Å². The van der Waals surface area contributed by atoms with Crippen molar-refractivity contribution in [2.75, 3.05) is 0 Å². The molecular formula is C14H11. The summed E-state index contributed by atoms with van der Waals surface area (Å²) in [6.45, 7) is 0. The van der Waals surface area contributed by atoms with Gasteiger partial charge in [-0.15, -0.1) is 0 Å². The first-order valence-electron chi connectivity index (χ1n) is 4.99. The molecule has 1 aromatic carbocycles. The molecule has 0 fully saturated rings. The van der Waals surface area contributed by atoms with E-state index in [4.69, 9.17) is 0 Å². The number of benzene rings is 1. The fourth-order valence-corrected chi connectivity index (χ4v) is 2.16. The van der Waals surface area contributed by atoms with Crippen molar-refractivity contribution >= 4 is 6.08 Å². The highest BCUT2D eigenvalue weighted by atomic mass is 14.2. The van der Waals surface area contributed by atoms with Gasteiger partial charge in [-0.05, 0) is 29.2 Å². The lowest BCUT2D eigenvalue weighted by Crippen LogP contribution is -1.94. The Morgan fingerprint density at radius 2 is 2.07 bits per heavy atom. The fourth-order valence-electron chi connectivity index (χ4n) is 2.16. The van der Waals surface area contributed by atoms with E-state index in [0.717, 1.165) is 6.42 Å². The van der Waals surface area contributed by atoms with Crippen LogP contribution < -0.4 is 0 Å². The second kappa shape index (κ2) is 2.98. The van der Waals surface area contributed by atoms with E-state index in [1.807, 2.05) is 0 Å². The molecule has 1 aromatic rings. The topological polar surface area (TPSA) is 0 Å². The zero-order valence-electron chi connectivity index (χ0n) is 7.90. The monoisotopic (exact) mass is 179 g/mol. The maximum absolute atomic E-state index is 3.39. The van der Waals surface area contributed by atoms with Crippen molar-refractivity contribution in [3.63, 3.8) is 0 Å². The summed E-state index contributed by atoms with van der Waals surface area (Å²) in [6, 6.07) is 8.58. The van der Waals surface area contributed by atoms with Crippen LogP contribution in [-0.2, 0) is 0 Å². The number of rotatable bonds is 1. The summed E-state index contributed by atoms with van der Waals surface area (Å²) in [5.41, 5.74) is 4.10. The first-order valence-corrected chi connectivity index (χ1v) is 4.99. The molecule has 67 valence electrons. The summed E-state index contributed by atoms with van der Waals surface area (Å²) in [5.74, 6) is 0.449. The van der Waals surface area contributed by atoms with Gasteiger partial charge in [0.2, 0.25) is 0 Å². The Labute approximate surface area is 84.3 Å². The lowest BCUT2D eigenvalue weighted by Gasteiger charge is -2.10.